The first-order valence-electron chi connectivity index (χ1n) is 2.22. The van der Waals surface area contributed by atoms with Crippen LogP contribution in [0.3, 0.4) is 0 Å². The van der Waals surface area contributed by atoms with Gasteiger partial charge in [0.15, 0.2) is 0 Å². The summed E-state index contributed by atoms with van der Waals surface area (Å²) in [5.41, 5.74) is 5.41. The standard InChI is InChI=1S/C5H9N/c1-2-4-3-5(4)6/h2,4-5H,1,3,6H2/t4-,5?/m1/s1. The fraction of sp³-hybridized carbons (Fsp3) is 0.600. The van der Waals surface area contributed by atoms with Crippen molar-refractivity contribution in [2.75, 3.05) is 0 Å². The maximum atomic E-state index is 5.41. The summed E-state index contributed by atoms with van der Waals surface area (Å²) < 4.78 is 0. The van der Waals surface area contributed by atoms with E-state index in [1.165, 1.54) is 0 Å². The lowest BCUT2D eigenvalue weighted by atomic mass is 10.4. The number of nitrogens with two attached hydrogens (primary N) is 1. The van der Waals surface area contributed by atoms with Crippen molar-refractivity contribution in [3.05, 3.63) is 12.7 Å². The molecule has 0 heterocycles. The Morgan fingerprint density at radius 1 is 1.83 bits per heavy atom. The normalized spacial score (nSPS) is 42.2. The molecule has 2 N–H and O–H groups in total. The second-order valence-electron chi connectivity index (χ2n) is 1.80. The van der Waals surface area contributed by atoms with Gasteiger partial charge >= 0.3 is 0 Å². The highest BCUT2D eigenvalue weighted by Gasteiger charge is 2.29. The number of hydrogen-bond donors (Lipinski definition) is 1. The van der Waals surface area contributed by atoms with E-state index in [0.29, 0.717) is 12.0 Å². The fourth-order valence-electron chi connectivity index (χ4n) is 0.507. The summed E-state index contributed by atoms with van der Waals surface area (Å²) in [6.07, 6.45) is 3.08. The SMILES string of the molecule is C=C[C@@H]1CC1N. The molecule has 0 radical (unpaired) electrons. The van der Waals surface area contributed by atoms with Gasteiger partial charge in [0.2, 0.25) is 0 Å². The van der Waals surface area contributed by atoms with E-state index < -0.39 is 0 Å². The van der Waals surface area contributed by atoms with E-state index >= 15 is 0 Å². The molecule has 0 saturated heterocycles. The van der Waals surface area contributed by atoms with Crippen LogP contribution < -0.4 is 5.73 Å². The molecule has 0 amide bonds. The second-order valence-corrected chi connectivity index (χ2v) is 1.80. The van der Waals surface area contributed by atoms with Gasteiger partial charge in [-0.2, -0.15) is 0 Å². The van der Waals surface area contributed by atoms with Crippen LogP contribution in [0.1, 0.15) is 6.42 Å². The number of rotatable bonds is 1. The van der Waals surface area contributed by atoms with Crippen molar-refractivity contribution >= 4 is 0 Å². The lowest BCUT2D eigenvalue weighted by Gasteiger charge is -1.73. The predicted octanol–water partition coefficient (Wildman–Crippen LogP) is 0.520. The zero-order valence-corrected chi connectivity index (χ0v) is 3.72. The van der Waals surface area contributed by atoms with Crippen molar-refractivity contribution in [1.82, 2.24) is 0 Å². The van der Waals surface area contributed by atoms with Gasteiger partial charge in [0.25, 0.3) is 0 Å². The number of hydrogen-bond acceptors (Lipinski definition) is 1. The summed E-state index contributed by atoms with van der Waals surface area (Å²) in [7, 11) is 0. The van der Waals surface area contributed by atoms with Gasteiger partial charge in [0.1, 0.15) is 0 Å². The van der Waals surface area contributed by atoms with Gasteiger partial charge in [-0.15, -0.1) is 6.58 Å². The van der Waals surface area contributed by atoms with Crippen molar-refractivity contribution in [2.24, 2.45) is 11.7 Å². The van der Waals surface area contributed by atoms with Crippen LogP contribution >= 0.6 is 0 Å². The minimum absolute atomic E-state index is 0.447. The molecule has 34 valence electrons. The first kappa shape index (κ1) is 3.88. The summed E-state index contributed by atoms with van der Waals surface area (Å²) in [5, 5.41) is 0. The van der Waals surface area contributed by atoms with Gasteiger partial charge in [-0.3, -0.25) is 0 Å². The minimum atomic E-state index is 0.447. The van der Waals surface area contributed by atoms with E-state index in [0.717, 1.165) is 6.42 Å². The van der Waals surface area contributed by atoms with Crippen molar-refractivity contribution < 1.29 is 0 Å². The van der Waals surface area contributed by atoms with E-state index in [1.807, 2.05) is 6.08 Å². The Labute approximate surface area is 37.8 Å². The predicted molar refractivity (Wildman–Crippen MR) is 26.3 cm³/mol. The molecule has 0 aromatic carbocycles. The molecule has 1 saturated carbocycles. The van der Waals surface area contributed by atoms with Gasteiger partial charge in [-0.05, 0) is 12.3 Å². The third-order valence-corrected chi connectivity index (χ3v) is 1.19. The topological polar surface area (TPSA) is 26.0 Å². The minimum Gasteiger partial charge on any atom is -0.327 e. The molecule has 1 aliphatic rings. The van der Waals surface area contributed by atoms with Crippen molar-refractivity contribution in [3.63, 3.8) is 0 Å². The van der Waals surface area contributed by atoms with E-state index in [1.54, 1.807) is 0 Å². The van der Waals surface area contributed by atoms with Crippen LogP contribution in [-0.2, 0) is 0 Å². The Hall–Kier alpha value is -0.300. The molecule has 0 bridgehead atoms. The largest absolute Gasteiger partial charge is 0.327 e. The molecule has 1 fully saturated rings. The first-order valence-corrected chi connectivity index (χ1v) is 2.22. The smallest absolute Gasteiger partial charge is 0.0109 e. The monoisotopic (exact) mass is 83.1 g/mol. The molecule has 1 rings (SSSR count). The lowest BCUT2D eigenvalue weighted by Crippen LogP contribution is -1.99. The average molecular weight is 83.1 g/mol. The molecule has 2 atom stereocenters. The molecule has 1 nitrogen and oxygen atoms in total. The maximum Gasteiger partial charge on any atom is 0.0109 e. The third-order valence-electron chi connectivity index (χ3n) is 1.19. The Kier molecular flexibility index (Phi) is 0.701. The van der Waals surface area contributed by atoms with Gasteiger partial charge in [0, 0.05) is 6.04 Å². The van der Waals surface area contributed by atoms with Gasteiger partial charge in [0.05, 0.1) is 0 Å². The van der Waals surface area contributed by atoms with Crippen molar-refractivity contribution in [3.8, 4) is 0 Å². The Balaban J connectivity index is 2.25. The summed E-state index contributed by atoms with van der Waals surface area (Å²) in [4.78, 5) is 0. The molecular formula is C5H9N. The van der Waals surface area contributed by atoms with E-state index in [-0.39, 0.29) is 0 Å². The van der Waals surface area contributed by atoms with E-state index in [4.69, 9.17) is 5.73 Å². The average Bonchev–Trinajstić information content (AvgIpc) is 2.19. The van der Waals surface area contributed by atoms with Crippen LogP contribution in [0.25, 0.3) is 0 Å². The molecule has 1 unspecified atom stereocenters. The van der Waals surface area contributed by atoms with Crippen LogP contribution in [0, 0.1) is 5.92 Å². The summed E-state index contributed by atoms with van der Waals surface area (Å²) in [6.45, 7) is 3.59. The highest BCUT2D eigenvalue weighted by atomic mass is 14.7. The maximum absolute atomic E-state index is 5.41. The molecule has 0 aromatic rings. The molecule has 0 aromatic heterocycles. The Bertz CT molecular complexity index is 68.3. The Morgan fingerprint density at radius 2 is 2.33 bits per heavy atom. The zero-order valence-electron chi connectivity index (χ0n) is 3.72. The second kappa shape index (κ2) is 1.09. The lowest BCUT2D eigenvalue weighted by molar-refractivity contribution is 0.978. The summed E-state index contributed by atoms with van der Waals surface area (Å²) >= 11 is 0. The van der Waals surface area contributed by atoms with E-state index in [9.17, 15) is 0 Å². The van der Waals surface area contributed by atoms with Crippen LogP contribution in [0.4, 0.5) is 0 Å². The third kappa shape index (κ3) is 0.455. The quantitative estimate of drug-likeness (QED) is 0.459. The molecule has 0 aliphatic heterocycles. The molecular weight excluding hydrogens is 74.1 g/mol. The van der Waals surface area contributed by atoms with Gasteiger partial charge < -0.3 is 5.73 Å². The fourth-order valence-corrected chi connectivity index (χ4v) is 0.507. The highest BCUT2D eigenvalue weighted by Crippen LogP contribution is 2.27. The van der Waals surface area contributed by atoms with Crippen LogP contribution in [-0.4, -0.2) is 6.04 Å². The first-order chi connectivity index (χ1) is 2.84. The van der Waals surface area contributed by atoms with Crippen molar-refractivity contribution in [1.29, 1.82) is 0 Å². The zero-order chi connectivity index (χ0) is 4.57. The van der Waals surface area contributed by atoms with Crippen LogP contribution in [0.2, 0.25) is 0 Å². The van der Waals surface area contributed by atoms with Crippen LogP contribution in [0.15, 0.2) is 12.7 Å². The van der Waals surface area contributed by atoms with Crippen molar-refractivity contribution in [2.45, 2.75) is 12.5 Å². The molecule has 6 heavy (non-hydrogen) atoms. The van der Waals surface area contributed by atoms with Gasteiger partial charge in [-0.25, -0.2) is 0 Å². The van der Waals surface area contributed by atoms with Crippen LogP contribution in [0.5, 0.6) is 0 Å². The molecule has 0 spiro atoms. The molecule has 1 aliphatic carbocycles. The summed E-state index contributed by atoms with van der Waals surface area (Å²) in [5.74, 6) is 0.644. The highest BCUT2D eigenvalue weighted by molar-refractivity contribution is 5.00. The molecule has 1 heteroatoms. The van der Waals surface area contributed by atoms with E-state index in [2.05, 4.69) is 6.58 Å². The Morgan fingerprint density at radius 3 is 2.33 bits per heavy atom. The summed E-state index contributed by atoms with van der Waals surface area (Å²) in [6, 6.07) is 0.447. The van der Waals surface area contributed by atoms with Gasteiger partial charge in [-0.1, -0.05) is 6.08 Å².